The lowest BCUT2D eigenvalue weighted by atomic mass is 10.1. The number of rotatable bonds is 0. The van der Waals surface area contributed by atoms with Crippen LogP contribution in [0, 0.1) is 11.8 Å². The summed E-state index contributed by atoms with van der Waals surface area (Å²) in [5.41, 5.74) is -0.149. The van der Waals surface area contributed by atoms with Crippen molar-refractivity contribution in [3.05, 3.63) is 18.0 Å². The average Bonchev–Trinajstić information content (AvgIpc) is 2.32. The van der Waals surface area contributed by atoms with Crippen LogP contribution in [0.15, 0.2) is 12.4 Å². The van der Waals surface area contributed by atoms with E-state index >= 15 is 0 Å². The van der Waals surface area contributed by atoms with E-state index < -0.39 is 5.60 Å². The van der Waals surface area contributed by atoms with Crippen LogP contribution in [-0.2, 0) is 0 Å². The van der Waals surface area contributed by atoms with Crippen LogP contribution in [0.4, 0.5) is 0 Å². The van der Waals surface area contributed by atoms with Gasteiger partial charge in [-0.3, -0.25) is 5.10 Å². The Hall–Kier alpha value is -1.27. The molecular formula is C8H10N2O. The summed E-state index contributed by atoms with van der Waals surface area (Å²) in [5.74, 6) is 5.44. The Labute approximate surface area is 65.4 Å². The zero-order valence-corrected chi connectivity index (χ0v) is 6.55. The van der Waals surface area contributed by atoms with Gasteiger partial charge in [0.25, 0.3) is 0 Å². The molecule has 0 aliphatic heterocycles. The third kappa shape index (κ3) is 2.87. The number of hydrogen-bond donors (Lipinski definition) is 2. The fraction of sp³-hybridized carbons (Fsp3) is 0.375. The molecule has 0 aliphatic carbocycles. The molecule has 0 aliphatic rings. The second kappa shape index (κ2) is 2.77. The maximum Gasteiger partial charge on any atom is 0.120 e. The van der Waals surface area contributed by atoms with Gasteiger partial charge in [-0.1, -0.05) is 11.8 Å². The highest BCUT2D eigenvalue weighted by Gasteiger charge is 2.05. The third-order valence-corrected chi connectivity index (χ3v) is 1.01. The summed E-state index contributed by atoms with van der Waals surface area (Å²) in [4.78, 5) is 0. The lowest BCUT2D eigenvalue weighted by Crippen LogP contribution is -2.14. The molecule has 0 unspecified atom stereocenters. The Balaban J connectivity index is 2.74. The summed E-state index contributed by atoms with van der Waals surface area (Å²) in [6.45, 7) is 3.28. The molecule has 3 heteroatoms. The topological polar surface area (TPSA) is 48.9 Å². The van der Waals surface area contributed by atoms with Gasteiger partial charge in [0.05, 0.1) is 11.8 Å². The standard InChI is InChI=1S/C8H10N2O/c1-8(2,11)4-3-7-5-9-10-6-7/h5-6,11H,1-2H3,(H,9,10). The molecule has 0 aromatic carbocycles. The van der Waals surface area contributed by atoms with Crippen LogP contribution in [0.3, 0.4) is 0 Å². The fourth-order valence-corrected chi connectivity index (χ4v) is 0.544. The van der Waals surface area contributed by atoms with Gasteiger partial charge in [-0.05, 0) is 13.8 Å². The molecular weight excluding hydrogens is 140 g/mol. The minimum absolute atomic E-state index is 0.784. The Morgan fingerprint density at radius 3 is 2.82 bits per heavy atom. The summed E-state index contributed by atoms with van der Waals surface area (Å²) in [6.07, 6.45) is 3.29. The van der Waals surface area contributed by atoms with E-state index in [1.165, 1.54) is 0 Å². The lowest BCUT2D eigenvalue weighted by molar-refractivity contribution is 0.143. The van der Waals surface area contributed by atoms with Crippen LogP contribution in [0.5, 0.6) is 0 Å². The van der Waals surface area contributed by atoms with Crippen molar-refractivity contribution in [2.24, 2.45) is 0 Å². The van der Waals surface area contributed by atoms with Gasteiger partial charge >= 0.3 is 0 Å². The Morgan fingerprint density at radius 1 is 1.64 bits per heavy atom. The summed E-state index contributed by atoms with van der Waals surface area (Å²) in [5, 5.41) is 15.6. The van der Waals surface area contributed by atoms with Gasteiger partial charge in [0.2, 0.25) is 0 Å². The normalized spacial score (nSPS) is 10.5. The first-order chi connectivity index (χ1) is 5.08. The maximum atomic E-state index is 9.21. The summed E-state index contributed by atoms with van der Waals surface area (Å²) in [6, 6.07) is 0. The molecule has 0 radical (unpaired) electrons. The van der Waals surface area contributed by atoms with Gasteiger partial charge < -0.3 is 5.11 Å². The highest BCUT2D eigenvalue weighted by atomic mass is 16.3. The molecule has 1 rings (SSSR count). The van der Waals surface area contributed by atoms with Gasteiger partial charge in [0.15, 0.2) is 0 Å². The van der Waals surface area contributed by atoms with Crippen LogP contribution < -0.4 is 0 Å². The molecule has 0 amide bonds. The van der Waals surface area contributed by atoms with Gasteiger partial charge in [0.1, 0.15) is 5.60 Å². The Morgan fingerprint density at radius 2 is 2.36 bits per heavy atom. The van der Waals surface area contributed by atoms with Crippen LogP contribution in [-0.4, -0.2) is 20.9 Å². The zero-order chi connectivity index (χ0) is 8.32. The minimum atomic E-state index is -0.933. The summed E-state index contributed by atoms with van der Waals surface area (Å²) in [7, 11) is 0. The first kappa shape index (κ1) is 7.83. The minimum Gasteiger partial charge on any atom is -0.378 e. The first-order valence-electron chi connectivity index (χ1n) is 3.32. The van der Waals surface area contributed by atoms with Crippen molar-refractivity contribution in [2.45, 2.75) is 19.4 Å². The van der Waals surface area contributed by atoms with Crippen molar-refractivity contribution in [1.82, 2.24) is 10.2 Å². The highest BCUT2D eigenvalue weighted by molar-refractivity contribution is 5.31. The van der Waals surface area contributed by atoms with Crippen LogP contribution in [0.2, 0.25) is 0 Å². The predicted molar refractivity (Wildman–Crippen MR) is 41.8 cm³/mol. The SMILES string of the molecule is CC(C)(O)C#Cc1cn[nH]c1. The molecule has 1 aromatic heterocycles. The van der Waals surface area contributed by atoms with Gasteiger partial charge in [-0.25, -0.2) is 0 Å². The van der Waals surface area contributed by atoms with Crippen molar-refractivity contribution in [1.29, 1.82) is 0 Å². The van der Waals surface area contributed by atoms with Crippen molar-refractivity contribution in [3.63, 3.8) is 0 Å². The molecule has 0 saturated carbocycles. The van der Waals surface area contributed by atoms with Crippen molar-refractivity contribution in [2.75, 3.05) is 0 Å². The molecule has 1 aromatic rings. The number of nitrogens with one attached hydrogen (secondary N) is 1. The molecule has 3 nitrogen and oxygen atoms in total. The first-order valence-corrected chi connectivity index (χ1v) is 3.32. The number of aromatic amines is 1. The lowest BCUT2D eigenvalue weighted by Gasteiger charge is -2.05. The van der Waals surface area contributed by atoms with Crippen molar-refractivity contribution in [3.8, 4) is 11.8 Å². The van der Waals surface area contributed by atoms with Gasteiger partial charge in [0, 0.05) is 6.20 Å². The van der Waals surface area contributed by atoms with E-state index in [9.17, 15) is 5.11 Å². The van der Waals surface area contributed by atoms with E-state index in [4.69, 9.17) is 0 Å². The number of aromatic nitrogens is 2. The number of aliphatic hydroxyl groups is 1. The molecule has 2 N–H and O–H groups in total. The molecule has 58 valence electrons. The molecule has 0 fully saturated rings. The number of hydrogen-bond acceptors (Lipinski definition) is 2. The van der Waals surface area contributed by atoms with E-state index in [1.807, 2.05) is 0 Å². The van der Waals surface area contributed by atoms with E-state index in [2.05, 4.69) is 22.0 Å². The molecule has 11 heavy (non-hydrogen) atoms. The summed E-state index contributed by atoms with van der Waals surface area (Å²) >= 11 is 0. The van der Waals surface area contributed by atoms with Crippen LogP contribution >= 0.6 is 0 Å². The van der Waals surface area contributed by atoms with Gasteiger partial charge in [-0.15, -0.1) is 0 Å². The average molecular weight is 150 g/mol. The highest BCUT2D eigenvalue weighted by Crippen LogP contribution is 1.98. The Bertz CT molecular complexity index is 271. The predicted octanol–water partition coefficient (Wildman–Crippen LogP) is 0.532. The van der Waals surface area contributed by atoms with Gasteiger partial charge in [-0.2, -0.15) is 5.10 Å². The van der Waals surface area contributed by atoms with E-state index in [0.717, 1.165) is 5.56 Å². The van der Waals surface area contributed by atoms with E-state index in [0.29, 0.717) is 0 Å². The third-order valence-electron chi connectivity index (χ3n) is 1.01. The fourth-order valence-electron chi connectivity index (χ4n) is 0.544. The molecule has 0 spiro atoms. The monoisotopic (exact) mass is 150 g/mol. The summed E-state index contributed by atoms with van der Waals surface area (Å²) < 4.78 is 0. The Kier molecular flexibility index (Phi) is 1.97. The zero-order valence-electron chi connectivity index (χ0n) is 6.55. The van der Waals surface area contributed by atoms with Crippen LogP contribution in [0.25, 0.3) is 0 Å². The molecule has 0 bridgehead atoms. The quantitative estimate of drug-likeness (QED) is 0.530. The van der Waals surface area contributed by atoms with Crippen LogP contribution in [0.1, 0.15) is 19.4 Å². The largest absolute Gasteiger partial charge is 0.378 e. The number of H-pyrrole nitrogens is 1. The second-order valence-corrected chi connectivity index (χ2v) is 2.80. The molecule has 1 heterocycles. The molecule has 0 saturated heterocycles. The maximum absolute atomic E-state index is 9.21. The second-order valence-electron chi connectivity index (χ2n) is 2.80. The number of nitrogens with zero attached hydrogens (tertiary/aromatic N) is 1. The van der Waals surface area contributed by atoms with E-state index in [-0.39, 0.29) is 0 Å². The smallest absolute Gasteiger partial charge is 0.120 e. The van der Waals surface area contributed by atoms with Crippen molar-refractivity contribution >= 4 is 0 Å². The van der Waals surface area contributed by atoms with Crippen molar-refractivity contribution < 1.29 is 5.11 Å². The molecule has 0 atom stereocenters. The van der Waals surface area contributed by atoms with E-state index in [1.54, 1.807) is 26.2 Å².